The van der Waals surface area contributed by atoms with E-state index in [1.807, 2.05) is 10.6 Å². The fourth-order valence-electron chi connectivity index (χ4n) is 1.72. The average molecular weight is 412 g/mol. The maximum absolute atomic E-state index is 12.8. The summed E-state index contributed by atoms with van der Waals surface area (Å²) in [5.74, 6) is -1.31. The predicted molar refractivity (Wildman–Crippen MR) is 88.6 cm³/mol. The van der Waals surface area contributed by atoms with E-state index in [-0.39, 0.29) is 16.5 Å². The molecule has 2 aromatic heterocycles. The maximum atomic E-state index is 12.8. The molecule has 0 aromatic carbocycles. The zero-order valence-electron chi connectivity index (χ0n) is 13.9. The lowest BCUT2D eigenvalue weighted by Gasteiger charge is -2.20. The minimum absolute atomic E-state index is 0.107. The molecule has 0 fully saturated rings. The van der Waals surface area contributed by atoms with Gasteiger partial charge >= 0.3 is 12.4 Å². The Labute approximate surface area is 155 Å². The van der Waals surface area contributed by atoms with Crippen LogP contribution in [0.1, 0.15) is 13.8 Å². The number of nitrogens with zero attached hydrogens (tertiary/aromatic N) is 4. The third-order valence-electron chi connectivity index (χ3n) is 3.27. The fourth-order valence-corrected chi connectivity index (χ4v) is 1.91. The van der Waals surface area contributed by atoms with Crippen LogP contribution in [0.15, 0.2) is 23.2 Å². The molecular weight excluding hydrogens is 398 g/mol. The summed E-state index contributed by atoms with van der Waals surface area (Å²) < 4.78 is 76.5. The van der Waals surface area contributed by atoms with Crippen molar-refractivity contribution in [2.45, 2.75) is 43.3 Å². The van der Waals surface area contributed by atoms with E-state index in [0.717, 1.165) is 13.8 Å². The van der Waals surface area contributed by atoms with Crippen LogP contribution in [0.3, 0.4) is 0 Å². The van der Waals surface area contributed by atoms with Gasteiger partial charge < -0.3 is 10.6 Å². The van der Waals surface area contributed by atoms with E-state index in [4.69, 9.17) is 0 Å². The first kappa shape index (κ1) is 21.0. The minimum atomic E-state index is -4.61. The molecule has 0 unspecified atom stereocenters. The van der Waals surface area contributed by atoms with Gasteiger partial charge in [-0.3, -0.25) is 0 Å². The van der Waals surface area contributed by atoms with Crippen molar-refractivity contribution in [1.29, 1.82) is 0 Å². The third kappa shape index (κ3) is 5.84. The molecule has 27 heavy (non-hydrogen) atoms. The van der Waals surface area contributed by atoms with E-state index in [2.05, 4.69) is 32.6 Å². The van der Waals surface area contributed by atoms with Crippen LogP contribution in [0.4, 0.5) is 38.2 Å². The van der Waals surface area contributed by atoms with Crippen molar-refractivity contribution >= 4 is 24.5 Å². The van der Waals surface area contributed by atoms with Crippen molar-refractivity contribution in [2.75, 3.05) is 10.6 Å². The number of pyridine rings is 1. The van der Waals surface area contributed by atoms with Crippen LogP contribution in [-0.4, -0.2) is 44.4 Å². The van der Waals surface area contributed by atoms with Gasteiger partial charge in [0, 0.05) is 0 Å². The first-order chi connectivity index (χ1) is 12.4. The van der Waals surface area contributed by atoms with Gasteiger partial charge in [0.25, 0.3) is 0 Å². The molecule has 13 heteroatoms. The molecule has 0 saturated heterocycles. The molecule has 0 aliphatic heterocycles. The number of halogens is 6. The highest BCUT2D eigenvalue weighted by Gasteiger charge is 2.38. The number of thiol groups is 1. The first-order valence-corrected chi connectivity index (χ1v) is 7.90. The molecule has 0 radical (unpaired) electrons. The quantitative estimate of drug-likeness (QED) is 0.510. The average Bonchev–Trinajstić information content (AvgIpc) is 2.52. The standard InChI is InChI=1S/C14H14F6N6S/c1-6(13(15,16)17)21-11-24-10(8-4-3-5-9(27)23-8)25-12(26-11)22-7(2)14(18,19)20/h3-7H,1-2H3,(H,23,27)(H2,21,22,24,25,26)/t6-,7-/m1/s1. The summed E-state index contributed by atoms with van der Waals surface area (Å²) >= 11 is 4.03. The van der Waals surface area contributed by atoms with Crippen LogP contribution in [0.25, 0.3) is 11.5 Å². The van der Waals surface area contributed by atoms with Gasteiger partial charge in [-0.1, -0.05) is 6.07 Å². The molecule has 0 amide bonds. The zero-order valence-corrected chi connectivity index (χ0v) is 14.8. The Morgan fingerprint density at radius 1 is 0.815 bits per heavy atom. The zero-order chi connectivity index (χ0) is 20.4. The molecule has 148 valence electrons. The number of alkyl halides is 6. The van der Waals surface area contributed by atoms with Crippen LogP contribution >= 0.6 is 12.6 Å². The Morgan fingerprint density at radius 3 is 1.70 bits per heavy atom. The van der Waals surface area contributed by atoms with Crippen LogP contribution in [-0.2, 0) is 0 Å². The first-order valence-electron chi connectivity index (χ1n) is 7.45. The number of nitrogens with one attached hydrogen (secondary N) is 2. The Morgan fingerprint density at radius 2 is 1.30 bits per heavy atom. The highest BCUT2D eigenvalue weighted by Crippen LogP contribution is 2.26. The molecule has 6 nitrogen and oxygen atoms in total. The van der Waals surface area contributed by atoms with E-state index >= 15 is 0 Å². The van der Waals surface area contributed by atoms with Gasteiger partial charge in [-0.2, -0.15) is 41.3 Å². The van der Waals surface area contributed by atoms with E-state index < -0.39 is 36.3 Å². The van der Waals surface area contributed by atoms with Crippen molar-refractivity contribution in [3.05, 3.63) is 18.2 Å². The number of hydrogen-bond donors (Lipinski definition) is 3. The third-order valence-corrected chi connectivity index (χ3v) is 3.52. The number of rotatable bonds is 5. The number of hydrogen-bond acceptors (Lipinski definition) is 7. The van der Waals surface area contributed by atoms with Gasteiger partial charge in [0.05, 0.1) is 5.03 Å². The van der Waals surface area contributed by atoms with Crippen molar-refractivity contribution in [2.24, 2.45) is 0 Å². The van der Waals surface area contributed by atoms with Crippen LogP contribution in [0, 0.1) is 0 Å². The summed E-state index contributed by atoms with van der Waals surface area (Å²) in [7, 11) is 0. The molecule has 2 rings (SSSR count). The summed E-state index contributed by atoms with van der Waals surface area (Å²) in [5, 5.41) is 4.28. The second-order valence-corrected chi connectivity index (χ2v) is 5.96. The Kier molecular flexibility index (Phi) is 6.02. The summed E-state index contributed by atoms with van der Waals surface area (Å²) in [4.78, 5) is 15.2. The molecule has 2 N–H and O–H groups in total. The second-order valence-electron chi connectivity index (χ2n) is 5.50. The molecule has 0 spiro atoms. The van der Waals surface area contributed by atoms with Gasteiger partial charge in [-0.05, 0) is 26.0 Å². The van der Waals surface area contributed by atoms with Gasteiger partial charge in [0.1, 0.15) is 17.8 Å². The SMILES string of the molecule is C[C@@H](Nc1nc(N[C@H](C)C(F)(F)F)nc(-c2cccc(S)n2)n1)C(F)(F)F. The highest BCUT2D eigenvalue weighted by atomic mass is 32.1. The van der Waals surface area contributed by atoms with Gasteiger partial charge in [0.2, 0.25) is 11.9 Å². The topological polar surface area (TPSA) is 75.6 Å². The molecule has 2 aromatic rings. The smallest absolute Gasteiger partial charge is 0.343 e. The van der Waals surface area contributed by atoms with Crippen LogP contribution < -0.4 is 10.6 Å². The van der Waals surface area contributed by atoms with Crippen molar-refractivity contribution in [1.82, 2.24) is 19.9 Å². The Balaban J connectivity index is 2.44. The second kappa shape index (κ2) is 7.74. The van der Waals surface area contributed by atoms with E-state index in [1.54, 1.807) is 0 Å². The maximum Gasteiger partial charge on any atom is 0.408 e. The summed E-state index contributed by atoms with van der Waals surface area (Å²) in [6.07, 6.45) is -9.22. The number of aromatic nitrogens is 4. The Bertz CT molecular complexity index is 756. The van der Waals surface area contributed by atoms with Gasteiger partial charge in [0.15, 0.2) is 5.82 Å². The van der Waals surface area contributed by atoms with E-state index in [1.165, 1.54) is 18.2 Å². The molecule has 0 aliphatic carbocycles. The van der Waals surface area contributed by atoms with Gasteiger partial charge in [-0.15, -0.1) is 12.6 Å². The molecule has 0 bridgehead atoms. The molecule has 2 atom stereocenters. The van der Waals surface area contributed by atoms with Crippen LogP contribution in [0.5, 0.6) is 0 Å². The van der Waals surface area contributed by atoms with Crippen molar-refractivity contribution in [3.63, 3.8) is 0 Å². The summed E-state index contributed by atoms with van der Waals surface area (Å²) in [6.45, 7) is 1.64. The molecule has 2 heterocycles. The van der Waals surface area contributed by atoms with E-state index in [0.29, 0.717) is 0 Å². The van der Waals surface area contributed by atoms with Gasteiger partial charge in [-0.25, -0.2) is 4.98 Å². The minimum Gasteiger partial charge on any atom is -0.343 e. The molecule has 0 aliphatic rings. The largest absolute Gasteiger partial charge is 0.408 e. The summed E-state index contributed by atoms with van der Waals surface area (Å²) in [6, 6.07) is 0.423. The normalized spacial score (nSPS) is 14.6. The van der Waals surface area contributed by atoms with Crippen molar-refractivity contribution < 1.29 is 26.3 Å². The fraction of sp³-hybridized carbons (Fsp3) is 0.429. The van der Waals surface area contributed by atoms with E-state index in [9.17, 15) is 26.3 Å². The van der Waals surface area contributed by atoms with Crippen LogP contribution in [0.2, 0.25) is 0 Å². The van der Waals surface area contributed by atoms with Crippen molar-refractivity contribution in [3.8, 4) is 11.5 Å². The molecule has 0 saturated carbocycles. The lowest BCUT2D eigenvalue weighted by Crippen LogP contribution is -2.35. The highest BCUT2D eigenvalue weighted by molar-refractivity contribution is 7.80. The Hall–Kier alpha value is -2.31. The lowest BCUT2D eigenvalue weighted by atomic mass is 10.3. The summed E-state index contributed by atoms with van der Waals surface area (Å²) in [5.41, 5.74) is 0.107. The predicted octanol–water partition coefficient (Wildman–Crippen LogP) is 3.95. The monoisotopic (exact) mass is 412 g/mol. The molecular formula is C14H14F6N6S. The lowest BCUT2D eigenvalue weighted by molar-refractivity contribution is -0.139. The number of anilines is 2.